The summed E-state index contributed by atoms with van der Waals surface area (Å²) in [5.41, 5.74) is 2.39. The zero-order valence-corrected chi connectivity index (χ0v) is 11.5. The van der Waals surface area contributed by atoms with Crippen molar-refractivity contribution >= 4 is 11.6 Å². The van der Waals surface area contributed by atoms with Crippen LogP contribution < -0.4 is 5.32 Å². The average Bonchev–Trinajstić information content (AvgIpc) is 3.09. The SMILES string of the molecule is C#Cc1cccc(NC(=O)c2ccccc2-n2cnnn2)c1. The Hall–Kier alpha value is -3.46. The minimum absolute atomic E-state index is 0.264. The van der Waals surface area contributed by atoms with Crippen molar-refractivity contribution in [3.05, 3.63) is 66.0 Å². The van der Waals surface area contributed by atoms with E-state index >= 15 is 0 Å². The number of nitrogens with one attached hydrogen (secondary N) is 1. The second-order valence-corrected chi connectivity index (χ2v) is 4.45. The lowest BCUT2D eigenvalue weighted by Crippen LogP contribution is -2.15. The third-order valence-corrected chi connectivity index (χ3v) is 3.03. The molecule has 22 heavy (non-hydrogen) atoms. The molecular weight excluding hydrogens is 278 g/mol. The molecule has 3 aromatic rings. The minimum Gasteiger partial charge on any atom is -0.322 e. The number of carbonyl (C=O) groups excluding carboxylic acids is 1. The van der Waals surface area contributed by atoms with Gasteiger partial charge in [-0.2, -0.15) is 4.68 Å². The molecule has 0 aliphatic heterocycles. The molecule has 0 saturated carbocycles. The van der Waals surface area contributed by atoms with Gasteiger partial charge in [-0.25, -0.2) is 0 Å². The van der Waals surface area contributed by atoms with E-state index < -0.39 is 0 Å². The fraction of sp³-hybridized carbons (Fsp3) is 0. The van der Waals surface area contributed by atoms with Gasteiger partial charge in [0.25, 0.3) is 5.91 Å². The maximum absolute atomic E-state index is 12.5. The van der Waals surface area contributed by atoms with E-state index in [1.54, 1.807) is 42.5 Å². The first-order chi connectivity index (χ1) is 10.8. The van der Waals surface area contributed by atoms with E-state index in [1.807, 2.05) is 6.07 Å². The van der Waals surface area contributed by atoms with Gasteiger partial charge in [0.2, 0.25) is 0 Å². The van der Waals surface area contributed by atoms with Gasteiger partial charge in [-0.1, -0.05) is 24.1 Å². The fourth-order valence-corrected chi connectivity index (χ4v) is 2.02. The normalized spacial score (nSPS) is 9.95. The van der Waals surface area contributed by atoms with E-state index in [-0.39, 0.29) is 5.91 Å². The van der Waals surface area contributed by atoms with Gasteiger partial charge < -0.3 is 5.32 Å². The van der Waals surface area contributed by atoms with E-state index in [1.165, 1.54) is 11.0 Å². The van der Waals surface area contributed by atoms with Crippen LogP contribution >= 0.6 is 0 Å². The molecule has 3 rings (SSSR count). The van der Waals surface area contributed by atoms with E-state index in [2.05, 4.69) is 26.8 Å². The lowest BCUT2D eigenvalue weighted by atomic mass is 10.1. The molecule has 0 spiro atoms. The van der Waals surface area contributed by atoms with Gasteiger partial charge in [0, 0.05) is 11.3 Å². The number of carbonyl (C=O) groups is 1. The molecular formula is C16H11N5O. The standard InChI is InChI=1S/C16H11N5O/c1-2-12-6-5-7-13(10-12)18-16(22)14-8-3-4-9-15(14)21-11-17-19-20-21/h1,3-11H,(H,18,22). The first-order valence-corrected chi connectivity index (χ1v) is 6.48. The molecule has 106 valence electrons. The van der Waals surface area contributed by atoms with Gasteiger partial charge in [0.1, 0.15) is 6.33 Å². The van der Waals surface area contributed by atoms with Crippen molar-refractivity contribution in [3.63, 3.8) is 0 Å². The van der Waals surface area contributed by atoms with Crippen LogP contribution in [0.25, 0.3) is 5.69 Å². The highest BCUT2D eigenvalue weighted by Crippen LogP contribution is 2.16. The molecule has 0 saturated heterocycles. The number of anilines is 1. The number of nitrogens with zero attached hydrogens (tertiary/aromatic N) is 4. The third-order valence-electron chi connectivity index (χ3n) is 3.03. The first-order valence-electron chi connectivity index (χ1n) is 6.48. The zero-order chi connectivity index (χ0) is 15.4. The summed E-state index contributed by atoms with van der Waals surface area (Å²) in [4.78, 5) is 12.5. The second kappa shape index (κ2) is 5.89. The monoisotopic (exact) mass is 289 g/mol. The molecule has 0 bridgehead atoms. The summed E-state index contributed by atoms with van der Waals surface area (Å²) in [6.45, 7) is 0. The fourth-order valence-electron chi connectivity index (χ4n) is 2.02. The van der Waals surface area contributed by atoms with Crippen molar-refractivity contribution in [2.45, 2.75) is 0 Å². The summed E-state index contributed by atoms with van der Waals surface area (Å²) >= 11 is 0. The largest absolute Gasteiger partial charge is 0.322 e. The summed E-state index contributed by atoms with van der Waals surface area (Å²) in [5, 5.41) is 13.8. The minimum atomic E-state index is -0.264. The van der Waals surface area contributed by atoms with E-state index in [9.17, 15) is 4.79 Å². The molecule has 1 N–H and O–H groups in total. The van der Waals surface area contributed by atoms with Crippen molar-refractivity contribution in [1.82, 2.24) is 20.2 Å². The van der Waals surface area contributed by atoms with E-state index in [4.69, 9.17) is 6.42 Å². The number of hydrogen-bond acceptors (Lipinski definition) is 4. The van der Waals surface area contributed by atoms with Crippen molar-refractivity contribution < 1.29 is 4.79 Å². The third kappa shape index (κ3) is 2.69. The number of tetrazole rings is 1. The Kier molecular flexibility index (Phi) is 3.62. The summed E-state index contributed by atoms with van der Waals surface area (Å²) in [6.07, 6.45) is 6.80. The highest BCUT2D eigenvalue weighted by Gasteiger charge is 2.13. The number of aromatic nitrogens is 4. The lowest BCUT2D eigenvalue weighted by molar-refractivity contribution is 0.102. The van der Waals surface area contributed by atoms with E-state index in [0.29, 0.717) is 22.5 Å². The topological polar surface area (TPSA) is 72.7 Å². The Morgan fingerprint density at radius 2 is 2.05 bits per heavy atom. The highest BCUT2D eigenvalue weighted by atomic mass is 16.1. The summed E-state index contributed by atoms with van der Waals surface area (Å²) in [7, 11) is 0. The molecule has 0 fully saturated rings. The Labute approximate surface area is 126 Å². The second-order valence-electron chi connectivity index (χ2n) is 4.45. The Balaban J connectivity index is 1.91. The highest BCUT2D eigenvalue weighted by molar-refractivity contribution is 6.06. The maximum atomic E-state index is 12.5. The Morgan fingerprint density at radius 3 is 2.82 bits per heavy atom. The number of rotatable bonds is 3. The molecule has 0 radical (unpaired) electrons. The number of hydrogen-bond donors (Lipinski definition) is 1. The van der Waals surface area contributed by atoms with Gasteiger partial charge in [-0.05, 0) is 40.8 Å². The van der Waals surface area contributed by atoms with Crippen LogP contribution in [-0.2, 0) is 0 Å². The summed E-state index contributed by atoms with van der Waals surface area (Å²) < 4.78 is 1.44. The molecule has 0 atom stereocenters. The van der Waals surface area contributed by atoms with Crippen LogP contribution in [0.3, 0.4) is 0 Å². The summed E-state index contributed by atoms with van der Waals surface area (Å²) in [5.74, 6) is 2.27. The first kappa shape index (κ1) is 13.5. The number of terminal acetylenes is 1. The van der Waals surface area contributed by atoms with Gasteiger partial charge in [0.05, 0.1) is 11.3 Å². The van der Waals surface area contributed by atoms with Crippen LogP contribution in [0.1, 0.15) is 15.9 Å². The average molecular weight is 289 g/mol. The quantitative estimate of drug-likeness (QED) is 0.747. The number of para-hydroxylation sites is 1. The smallest absolute Gasteiger partial charge is 0.257 e. The van der Waals surface area contributed by atoms with Gasteiger partial charge in [-0.3, -0.25) is 4.79 Å². The van der Waals surface area contributed by atoms with Crippen molar-refractivity contribution in [1.29, 1.82) is 0 Å². The van der Waals surface area contributed by atoms with Gasteiger partial charge >= 0.3 is 0 Å². The number of amides is 1. The maximum Gasteiger partial charge on any atom is 0.257 e. The van der Waals surface area contributed by atoms with Crippen molar-refractivity contribution in [2.75, 3.05) is 5.32 Å². The van der Waals surface area contributed by atoms with Crippen LogP contribution in [0, 0.1) is 12.3 Å². The van der Waals surface area contributed by atoms with Crippen LogP contribution in [0.4, 0.5) is 5.69 Å². The van der Waals surface area contributed by atoms with Gasteiger partial charge in [-0.15, -0.1) is 11.5 Å². The summed E-state index contributed by atoms with van der Waals surface area (Å²) in [6, 6.07) is 14.2. The molecule has 0 aliphatic rings. The number of benzene rings is 2. The molecule has 2 aromatic carbocycles. The molecule has 0 aliphatic carbocycles. The van der Waals surface area contributed by atoms with Crippen molar-refractivity contribution in [2.24, 2.45) is 0 Å². The molecule has 1 amide bonds. The molecule has 1 aromatic heterocycles. The zero-order valence-electron chi connectivity index (χ0n) is 11.5. The predicted molar refractivity (Wildman–Crippen MR) is 81.5 cm³/mol. The Bertz CT molecular complexity index is 849. The lowest BCUT2D eigenvalue weighted by Gasteiger charge is -2.09. The molecule has 1 heterocycles. The van der Waals surface area contributed by atoms with Gasteiger partial charge in [0.15, 0.2) is 0 Å². The van der Waals surface area contributed by atoms with Crippen molar-refractivity contribution in [3.8, 4) is 18.0 Å². The predicted octanol–water partition coefficient (Wildman–Crippen LogP) is 1.90. The molecule has 0 unspecified atom stereocenters. The molecule has 6 nitrogen and oxygen atoms in total. The van der Waals surface area contributed by atoms with Crippen LogP contribution in [-0.4, -0.2) is 26.1 Å². The van der Waals surface area contributed by atoms with Crippen LogP contribution in [0.15, 0.2) is 54.9 Å². The van der Waals surface area contributed by atoms with E-state index in [0.717, 1.165) is 0 Å². The Morgan fingerprint density at radius 1 is 1.18 bits per heavy atom. The van der Waals surface area contributed by atoms with Crippen LogP contribution in [0.5, 0.6) is 0 Å². The van der Waals surface area contributed by atoms with Crippen LogP contribution in [0.2, 0.25) is 0 Å². The molecule has 6 heteroatoms.